The summed E-state index contributed by atoms with van der Waals surface area (Å²) in [6.07, 6.45) is 0.831. The van der Waals surface area contributed by atoms with Crippen molar-refractivity contribution in [3.05, 3.63) is 45.9 Å². The van der Waals surface area contributed by atoms with Gasteiger partial charge in [0.1, 0.15) is 5.52 Å². The monoisotopic (exact) mass is 306 g/mol. The number of aromatic nitrogens is 1. The van der Waals surface area contributed by atoms with Gasteiger partial charge in [-0.15, -0.1) is 0 Å². The standard InChI is InChI=1S/C15H12Cl2N2O/c1-2-8-5-10(18)7-13-14(8)20-15(19-13)9-3-4-11(16)12(17)6-9/h3-7H,2,18H2,1H3. The first-order valence-corrected chi connectivity index (χ1v) is 6.98. The fraction of sp³-hybridized carbons (Fsp3) is 0.133. The minimum atomic E-state index is 0.474. The molecule has 0 fully saturated rings. The number of rotatable bonds is 2. The summed E-state index contributed by atoms with van der Waals surface area (Å²) in [5.41, 5.74) is 9.90. The molecule has 0 aliphatic rings. The van der Waals surface area contributed by atoms with Gasteiger partial charge in [-0.25, -0.2) is 4.98 Å². The first-order valence-electron chi connectivity index (χ1n) is 6.23. The summed E-state index contributed by atoms with van der Waals surface area (Å²) < 4.78 is 5.86. The van der Waals surface area contributed by atoms with Crippen LogP contribution in [0.5, 0.6) is 0 Å². The van der Waals surface area contributed by atoms with E-state index in [4.69, 9.17) is 33.4 Å². The largest absolute Gasteiger partial charge is 0.436 e. The van der Waals surface area contributed by atoms with Crippen LogP contribution in [0.15, 0.2) is 34.7 Å². The zero-order valence-corrected chi connectivity index (χ0v) is 12.3. The summed E-state index contributed by atoms with van der Waals surface area (Å²) in [5, 5.41) is 0.978. The van der Waals surface area contributed by atoms with Gasteiger partial charge in [-0.3, -0.25) is 0 Å². The molecule has 3 nitrogen and oxygen atoms in total. The van der Waals surface area contributed by atoms with Crippen molar-refractivity contribution in [2.45, 2.75) is 13.3 Å². The summed E-state index contributed by atoms with van der Waals surface area (Å²) in [7, 11) is 0. The summed E-state index contributed by atoms with van der Waals surface area (Å²) in [4.78, 5) is 4.47. The molecule has 0 spiro atoms. The van der Waals surface area contributed by atoms with E-state index < -0.39 is 0 Å². The summed E-state index contributed by atoms with van der Waals surface area (Å²) in [5.74, 6) is 0.513. The number of nitrogens with zero attached hydrogens (tertiary/aromatic N) is 1. The van der Waals surface area contributed by atoms with E-state index in [1.165, 1.54) is 0 Å². The van der Waals surface area contributed by atoms with Crippen LogP contribution in [-0.2, 0) is 6.42 Å². The molecule has 2 N–H and O–H groups in total. The van der Waals surface area contributed by atoms with Crippen molar-refractivity contribution < 1.29 is 4.42 Å². The summed E-state index contributed by atoms with van der Waals surface area (Å²) >= 11 is 11.9. The van der Waals surface area contributed by atoms with Gasteiger partial charge in [0.25, 0.3) is 0 Å². The molecular weight excluding hydrogens is 295 g/mol. The molecule has 0 aliphatic carbocycles. The highest BCUT2D eigenvalue weighted by atomic mass is 35.5. The predicted molar refractivity (Wildman–Crippen MR) is 83.3 cm³/mol. The van der Waals surface area contributed by atoms with Crippen molar-refractivity contribution >= 4 is 40.0 Å². The molecule has 1 heterocycles. The zero-order valence-electron chi connectivity index (χ0n) is 10.8. The van der Waals surface area contributed by atoms with Crippen molar-refractivity contribution in [2.75, 3.05) is 5.73 Å². The van der Waals surface area contributed by atoms with Crippen molar-refractivity contribution in [3.63, 3.8) is 0 Å². The number of benzene rings is 2. The lowest BCUT2D eigenvalue weighted by Gasteiger charge is -1.99. The van der Waals surface area contributed by atoms with E-state index in [9.17, 15) is 0 Å². The molecule has 20 heavy (non-hydrogen) atoms. The fourth-order valence-electron chi connectivity index (χ4n) is 2.14. The molecule has 102 valence electrons. The quantitative estimate of drug-likeness (QED) is 0.682. The molecular formula is C15H12Cl2N2O. The Balaban J connectivity index is 2.19. The SMILES string of the molecule is CCc1cc(N)cc2nc(-c3ccc(Cl)c(Cl)c3)oc12. The van der Waals surface area contributed by atoms with E-state index in [2.05, 4.69) is 11.9 Å². The molecule has 0 saturated heterocycles. The molecule has 0 radical (unpaired) electrons. The Bertz CT molecular complexity index is 796. The Kier molecular flexibility index (Phi) is 3.32. The number of aryl methyl sites for hydroxylation is 1. The van der Waals surface area contributed by atoms with E-state index in [1.54, 1.807) is 18.2 Å². The molecule has 5 heteroatoms. The zero-order chi connectivity index (χ0) is 14.3. The number of anilines is 1. The van der Waals surface area contributed by atoms with E-state index in [0.717, 1.165) is 28.6 Å². The first-order chi connectivity index (χ1) is 9.58. The average Bonchev–Trinajstić information content (AvgIpc) is 2.84. The van der Waals surface area contributed by atoms with Crippen LogP contribution < -0.4 is 5.73 Å². The second-order valence-corrected chi connectivity index (χ2v) is 5.34. The maximum atomic E-state index is 6.02. The Morgan fingerprint density at radius 3 is 2.65 bits per heavy atom. The topological polar surface area (TPSA) is 52.0 Å². The van der Waals surface area contributed by atoms with Crippen LogP contribution in [0.3, 0.4) is 0 Å². The van der Waals surface area contributed by atoms with E-state index >= 15 is 0 Å². The molecule has 3 aromatic rings. The highest BCUT2D eigenvalue weighted by Gasteiger charge is 2.13. The Hall–Kier alpha value is -1.71. The minimum Gasteiger partial charge on any atom is -0.436 e. The fourth-order valence-corrected chi connectivity index (χ4v) is 2.44. The lowest BCUT2D eigenvalue weighted by molar-refractivity contribution is 0.616. The number of nitrogen functional groups attached to an aromatic ring is 1. The van der Waals surface area contributed by atoms with Crippen molar-refractivity contribution in [1.82, 2.24) is 4.98 Å². The van der Waals surface area contributed by atoms with Crippen LogP contribution in [0.25, 0.3) is 22.6 Å². The molecule has 2 aromatic carbocycles. The summed E-state index contributed by atoms with van der Waals surface area (Å²) in [6, 6.07) is 9.01. The van der Waals surface area contributed by atoms with Gasteiger partial charge in [0, 0.05) is 11.3 Å². The van der Waals surface area contributed by atoms with Crippen LogP contribution >= 0.6 is 23.2 Å². The molecule has 1 aromatic heterocycles. The maximum Gasteiger partial charge on any atom is 0.227 e. The maximum absolute atomic E-state index is 6.02. The second kappa shape index (κ2) is 5.00. The molecule has 0 bridgehead atoms. The minimum absolute atomic E-state index is 0.474. The van der Waals surface area contributed by atoms with Crippen molar-refractivity contribution in [3.8, 4) is 11.5 Å². The van der Waals surface area contributed by atoms with Gasteiger partial charge in [-0.2, -0.15) is 0 Å². The predicted octanol–water partition coefficient (Wildman–Crippen LogP) is 4.95. The molecule has 0 unspecified atom stereocenters. The van der Waals surface area contributed by atoms with E-state index in [-0.39, 0.29) is 0 Å². The number of halogens is 2. The van der Waals surface area contributed by atoms with Gasteiger partial charge >= 0.3 is 0 Å². The van der Waals surface area contributed by atoms with E-state index in [1.807, 2.05) is 12.1 Å². The smallest absolute Gasteiger partial charge is 0.227 e. The van der Waals surface area contributed by atoms with Crippen molar-refractivity contribution in [2.24, 2.45) is 0 Å². The van der Waals surface area contributed by atoms with E-state index in [0.29, 0.717) is 21.6 Å². The van der Waals surface area contributed by atoms with Crippen LogP contribution in [0.4, 0.5) is 5.69 Å². The second-order valence-electron chi connectivity index (χ2n) is 4.53. The van der Waals surface area contributed by atoms with Gasteiger partial charge in [-0.05, 0) is 42.3 Å². The van der Waals surface area contributed by atoms with Crippen LogP contribution in [-0.4, -0.2) is 4.98 Å². The highest BCUT2D eigenvalue weighted by Crippen LogP contribution is 2.32. The van der Waals surface area contributed by atoms with Gasteiger partial charge in [0.2, 0.25) is 5.89 Å². The molecule has 0 aliphatic heterocycles. The number of fused-ring (bicyclic) bond motifs is 1. The Morgan fingerprint density at radius 2 is 1.95 bits per heavy atom. The average molecular weight is 307 g/mol. The van der Waals surface area contributed by atoms with Gasteiger partial charge in [0.05, 0.1) is 10.0 Å². The van der Waals surface area contributed by atoms with Gasteiger partial charge < -0.3 is 10.2 Å². The summed E-state index contributed by atoms with van der Waals surface area (Å²) in [6.45, 7) is 2.05. The third-order valence-electron chi connectivity index (χ3n) is 3.14. The van der Waals surface area contributed by atoms with Crippen molar-refractivity contribution in [1.29, 1.82) is 0 Å². The highest BCUT2D eigenvalue weighted by molar-refractivity contribution is 6.42. The number of oxazole rings is 1. The third kappa shape index (κ3) is 2.23. The molecule has 0 atom stereocenters. The normalized spacial score (nSPS) is 11.2. The van der Waals surface area contributed by atoms with Crippen LogP contribution in [0.2, 0.25) is 10.0 Å². The lowest BCUT2D eigenvalue weighted by atomic mass is 10.1. The van der Waals surface area contributed by atoms with Gasteiger partial charge in [0.15, 0.2) is 5.58 Å². The first kappa shape index (κ1) is 13.3. The van der Waals surface area contributed by atoms with Gasteiger partial charge in [-0.1, -0.05) is 30.1 Å². The number of nitrogens with two attached hydrogens (primary N) is 1. The third-order valence-corrected chi connectivity index (χ3v) is 3.88. The van der Waals surface area contributed by atoms with Crippen LogP contribution in [0.1, 0.15) is 12.5 Å². The Labute approximate surface area is 126 Å². The number of hydrogen-bond donors (Lipinski definition) is 1. The number of hydrogen-bond acceptors (Lipinski definition) is 3. The lowest BCUT2D eigenvalue weighted by Crippen LogP contribution is -1.88. The molecule has 0 amide bonds. The Morgan fingerprint density at radius 1 is 1.15 bits per heavy atom. The molecule has 0 saturated carbocycles. The molecule has 3 rings (SSSR count). The van der Waals surface area contributed by atoms with Crippen LogP contribution in [0, 0.1) is 0 Å².